The molecular formula is C14H28N2O2. The molecule has 1 saturated carbocycles. The van der Waals surface area contributed by atoms with Crippen molar-refractivity contribution in [1.29, 1.82) is 0 Å². The van der Waals surface area contributed by atoms with E-state index in [4.69, 9.17) is 0 Å². The van der Waals surface area contributed by atoms with Crippen molar-refractivity contribution in [2.75, 3.05) is 26.7 Å². The molecule has 4 nitrogen and oxygen atoms in total. The zero-order valence-corrected chi connectivity index (χ0v) is 12.0. The number of hydrogen-bond donors (Lipinski definition) is 2. The largest absolute Gasteiger partial charge is 0.480 e. The van der Waals surface area contributed by atoms with Crippen LogP contribution in [0, 0.1) is 5.92 Å². The van der Waals surface area contributed by atoms with Gasteiger partial charge in [0, 0.05) is 0 Å². The highest BCUT2D eigenvalue weighted by Gasteiger charge is 2.48. The third-order valence-electron chi connectivity index (χ3n) is 4.29. The minimum Gasteiger partial charge on any atom is -0.480 e. The molecular weight excluding hydrogens is 228 g/mol. The average molecular weight is 256 g/mol. The Labute approximate surface area is 111 Å². The number of aliphatic carboxylic acids is 1. The molecule has 0 aromatic carbocycles. The quantitative estimate of drug-likeness (QED) is 0.697. The molecule has 0 aromatic heterocycles. The van der Waals surface area contributed by atoms with Crippen LogP contribution in [0.1, 0.15) is 46.0 Å². The van der Waals surface area contributed by atoms with E-state index < -0.39 is 11.5 Å². The lowest BCUT2D eigenvalue weighted by atomic mass is 9.84. The SMILES string of the molecule is CCCNC1(C(=O)O)CCCC1CCN(C)CC. The van der Waals surface area contributed by atoms with Crippen LogP contribution in [-0.2, 0) is 4.79 Å². The van der Waals surface area contributed by atoms with Crippen LogP contribution in [0.15, 0.2) is 0 Å². The van der Waals surface area contributed by atoms with E-state index in [2.05, 4.69) is 31.1 Å². The molecule has 18 heavy (non-hydrogen) atoms. The molecule has 106 valence electrons. The second kappa shape index (κ2) is 7.10. The van der Waals surface area contributed by atoms with Crippen molar-refractivity contribution >= 4 is 5.97 Å². The molecule has 0 saturated heterocycles. The molecule has 0 bridgehead atoms. The summed E-state index contributed by atoms with van der Waals surface area (Å²) in [6.45, 7) is 7.03. The van der Waals surface area contributed by atoms with Crippen molar-refractivity contribution in [1.82, 2.24) is 10.2 Å². The van der Waals surface area contributed by atoms with Gasteiger partial charge < -0.3 is 15.3 Å². The lowest BCUT2D eigenvalue weighted by Crippen LogP contribution is -2.55. The molecule has 1 rings (SSSR count). The molecule has 0 amide bonds. The Balaban J connectivity index is 2.65. The Bertz CT molecular complexity index is 271. The first kappa shape index (κ1) is 15.4. The maximum absolute atomic E-state index is 11.7. The van der Waals surface area contributed by atoms with E-state index >= 15 is 0 Å². The van der Waals surface area contributed by atoms with Gasteiger partial charge in [0.05, 0.1) is 0 Å². The Morgan fingerprint density at radius 3 is 2.78 bits per heavy atom. The van der Waals surface area contributed by atoms with Gasteiger partial charge in [-0.25, -0.2) is 0 Å². The van der Waals surface area contributed by atoms with Crippen LogP contribution in [0.3, 0.4) is 0 Å². The molecule has 0 radical (unpaired) electrons. The van der Waals surface area contributed by atoms with Crippen LogP contribution in [0.2, 0.25) is 0 Å². The van der Waals surface area contributed by atoms with Crippen LogP contribution in [0.5, 0.6) is 0 Å². The number of carboxylic acids is 1. The third-order valence-corrected chi connectivity index (χ3v) is 4.29. The van der Waals surface area contributed by atoms with Crippen LogP contribution in [-0.4, -0.2) is 48.2 Å². The first-order valence-corrected chi connectivity index (χ1v) is 7.23. The lowest BCUT2D eigenvalue weighted by Gasteiger charge is -2.33. The summed E-state index contributed by atoms with van der Waals surface area (Å²) >= 11 is 0. The van der Waals surface area contributed by atoms with Crippen molar-refractivity contribution in [3.63, 3.8) is 0 Å². The summed E-state index contributed by atoms with van der Waals surface area (Å²) in [6, 6.07) is 0. The molecule has 1 aliphatic carbocycles. The summed E-state index contributed by atoms with van der Waals surface area (Å²) in [5.74, 6) is -0.381. The predicted octanol–water partition coefficient (Wildman–Crippen LogP) is 1.95. The van der Waals surface area contributed by atoms with Gasteiger partial charge >= 0.3 is 5.97 Å². The molecule has 0 spiro atoms. The van der Waals surface area contributed by atoms with Crippen LogP contribution in [0.4, 0.5) is 0 Å². The molecule has 0 heterocycles. The lowest BCUT2D eigenvalue weighted by molar-refractivity contribution is -0.146. The summed E-state index contributed by atoms with van der Waals surface area (Å²) in [5.41, 5.74) is -0.662. The minimum atomic E-state index is -0.662. The Hall–Kier alpha value is -0.610. The van der Waals surface area contributed by atoms with E-state index in [-0.39, 0.29) is 5.92 Å². The van der Waals surface area contributed by atoms with Gasteiger partial charge in [0.15, 0.2) is 0 Å². The number of carboxylic acid groups (broad SMARTS) is 1. The highest BCUT2D eigenvalue weighted by Crippen LogP contribution is 2.38. The van der Waals surface area contributed by atoms with Crippen molar-refractivity contribution in [2.24, 2.45) is 5.92 Å². The molecule has 2 N–H and O–H groups in total. The second-order valence-corrected chi connectivity index (χ2v) is 5.48. The molecule has 2 unspecified atom stereocenters. The van der Waals surface area contributed by atoms with Gasteiger partial charge in [0.1, 0.15) is 5.54 Å². The van der Waals surface area contributed by atoms with E-state index in [1.54, 1.807) is 0 Å². The van der Waals surface area contributed by atoms with E-state index in [0.29, 0.717) is 0 Å². The fourth-order valence-corrected chi connectivity index (χ4v) is 2.94. The number of nitrogens with one attached hydrogen (secondary N) is 1. The van der Waals surface area contributed by atoms with Gasteiger partial charge in [-0.15, -0.1) is 0 Å². The summed E-state index contributed by atoms with van der Waals surface area (Å²) < 4.78 is 0. The molecule has 4 heteroatoms. The molecule has 2 atom stereocenters. The minimum absolute atomic E-state index is 0.274. The molecule has 0 aromatic rings. The molecule has 1 aliphatic rings. The average Bonchev–Trinajstić information content (AvgIpc) is 2.77. The summed E-state index contributed by atoms with van der Waals surface area (Å²) in [7, 11) is 2.09. The van der Waals surface area contributed by atoms with Gasteiger partial charge in [0.2, 0.25) is 0 Å². The highest BCUT2D eigenvalue weighted by molar-refractivity contribution is 5.79. The maximum atomic E-state index is 11.7. The topological polar surface area (TPSA) is 52.6 Å². The first-order chi connectivity index (χ1) is 8.56. The van der Waals surface area contributed by atoms with Gasteiger partial charge in [-0.2, -0.15) is 0 Å². The zero-order chi connectivity index (χ0) is 13.6. The molecule has 0 aliphatic heterocycles. The van der Waals surface area contributed by atoms with E-state index in [0.717, 1.165) is 51.7 Å². The standard InChI is InChI=1S/C14H28N2O2/c1-4-10-15-14(13(17)18)9-6-7-12(14)8-11-16(3)5-2/h12,15H,4-11H2,1-3H3,(H,17,18). The monoisotopic (exact) mass is 256 g/mol. The highest BCUT2D eigenvalue weighted by atomic mass is 16.4. The fourth-order valence-electron chi connectivity index (χ4n) is 2.94. The van der Waals surface area contributed by atoms with Crippen molar-refractivity contribution in [2.45, 2.75) is 51.5 Å². The number of nitrogens with zero attached hydrogens (tertiary/aromatic N) is 1. The fraction of sp³-hybridized carbons (Fsp3) is 0.929. The summed E-state index contributed by atoms with van der Waals surface area (Å²) in [6.07, 6.45) is 4.82. The van der Waals surface area contributed by atoms with Crippen molar-refractivity contribution in [3.8, 4) is 0 Å². The van der Waals surface area contributed by atoms with Crippen LogP contribution in [0.25, 0.3) is 0 Å². The maximum Gasteiger partial charge on any atom is 0.324 e. The number of rotatable bonds is 8. The van der Waals surface area contributed by atoms with Gasteiger partial charge in [-0.3, -0.25) is 4.79 Å². The van der Waals surface area contributed by atoms with Gasteiger partial charge in [-0.1, -0.05) is 20.3 Å². The van der Waals surface area contributed by atoms with Crippen molar-refractivity contribution < 1.29 is 9.90 Å². The first-order valence-electron chi connectivity index (χ1n) is 7.23. The Morgan fingerprint density at radius 1 is 1.50 bits per heavy atom. The third kappa shape index (κ3) is 3.45. The number of hydrogen-bond acceptors (Lipinski definition) is 3. The van der Waals surface area contributed by atoms with Crippen molar-refractivity contribution in [3.05, 3.63) is 0 Å². The van der Waals surface area contributed by atoms with Gasteiger partial charge in [-0.05, 0) is 58.3 Å². The zero-order valence-electron chi connectivity index (χ0n) is 12.0. The van der Waals surface area contributed by atoms with E-state index in [1.807, 2.05) is 0 Å². The molecule has 1 fully saturated rings. The normalized spacial score (nSPS) is 27.9. The number of carbonyl (C=O) groups is 1. The summed E-state index contributed by atoms with van der Waals surface area (Å²) in [5, 5.41) is 12.9. The van der Waals surface area contributed by atoms with Gasteiger partial charge in [0.25, 0.3) is 0 Å². The van der Waals surface area contributed by atoms with Crippen LogP contribution < -0.4 is 5.32 Å². The predicted molar refractivity (Wildman–Crippen MR) is 73.8 cm³/mol. The second-order valence-electron chi connectivity index (χ2n) is 5.48. The van der Waals surface area contributed by atoms with E-state index in [1.165, 1.54) is 0 Å². The Kier molecular flexibility index (Phi) is 6.09. The van der Waals surface area contributed by atoms with E-state index in [9.17, 15) is 9.90 Å². The Morgan fingerprint density at radius 2 is 2.22 bits per heavy atom. The van der Waals surface area contributed by atoms with Crippen LogP contribution >= 0.6 is 0 Å². The summed E-state index contributed by atoms with van der Waals surface area (Å²) in [4.78, 5) is 13.9. The smallest absolute Gasteiger partial charge is 0.324 e.